The number of nitrogens with zero attached hydrogens (tertiary/aromatic N) is 3. The molecular weight excluding hydrogens is 307 g/mol. The zero-order chi connectivity index (χ0) is 16.1. The van der Waals surface area contributed by atoms with Gasteiger partial charge in [0.2, 0.25) is 0 Å². The monoisotopic (exact) mass is 322 g/mol. The van der Waals surface area contributed by atoms with Crippen LogP contribution in [0.15, 0.2) is 30.3 Å². The van der Waals surface area contributed by atoms with Crippen molar-refractivity contribution in [1.29, 1.82) is 0 Å². The van der Waals surface area contributed by atoms with Crippen LogP contribution in [0.1, 0.15) is 23.7 Å². The molecule has 0 spiro atoms. The Bertz CT molecular complexity index is 680. The third-order valence-electron chi connectivity index (χ3n) is 3.06. The quantitative estimate of drug-likeness (QED) is 0.917. The Morgan fingerprint density at radius 3 is 2.77 bits per heavy atom. The number of amides is 1. The first-order valence-corrected chi connectivity index (χ1v) is 7.22. The van der Waals surface area contributed by atoms with E-state index < -0.39 is 11.7 Å². The number of nitrogens with one attached hydrogen (secondary N) is 1. The van der Waals surface area contributed by atoms with Crippen LogP contribution in [-0.4, -0.2) is 29.7 Å². The molecule has 2 aromatic rings. The number of hydrogen-bond donors (Lipinski definition) is 1. The Balaban J connectivity index is 2.36. The molecule has 7 heteroatoms. The third-order valence-corrected chi connectivity index (χ3v) is 3.24. The molecule has 0 atom stereocenters. The highest BCUT2D eigenvalue weighted by Crippen LogP contribution is 2.23. The lowest BCUT2D eigenvalue weighted by Crippen LogP contribution is -2.28. The van der Waals surface area contributed by atoms with Gasteiger partial charge in [0.05, 0.1) is 11.3 Å². The summed E-state index contributed by atoms with van der Waals surface area (Å²) in [5.74, 6) is -0.561. The zero-order valence-corrected chi connectivity index (χ0v) is 13.1. The van der Waals surface area contributed by atoms with Gasteiger partial charge in [-0.25, -0.2) is 4.39 Å². The highest BCUT2D eigenvalue weighted by Gasteiger charge is 2.21. The van der Waals surface area contributed by atoms with Crippen molar-refractivity contribution < 1.29 is 9.18 Å². The van der Waals surface area contributed by atoms with E-state index in [9.17, 15) is 9.18 Å². The molecule has 0 aliphatic rings. The second-order valence-corrected chi connectivity index (χ2v) is 5.06. The fraction of sp³-hybridized carbons (Fsp3) is 0.267. The summed E-state index contributed by atoms with van der Waals surface area (Å²) in [7, 11) is 1.50. The van der Waals surface area contributed by atoms with Gasteiger partial charge in [-0.15, -0.1) is 10.2 Å². The molecule has 1 aromatic carbocycles. The van der Waals surface area contributed by atoms with Gasteiger partial charge in [-0.05, 0) is 24.6 Å². The number of rotatable bonds is 5. The lowest BCUT2D eigenvalue weighted by Gasteiger charge is -2.19. The molecule has 1 N–H and O–H groups in total. The van der Waals surface area contributed by atoms with Crippen LogP contribution in [0.3, 0.4) is 0 Å². The van der Waals surface area contributed by atoms with Crippen molar-refractivity contribution >= 4 is 29.0 Å². The van der Waals surface area contributed by atoms with E-state index in [1.807, 2.05) is 6.92 Å². The number of anilines is 2. The van der Waals surface area contributed by atoms with Crippen LogP contribution in [0.4, 0.5) is 15.9 Å². The Morgan fingerprint density at radius 1 is 1.36 bits per heavy atom. The van der Waals surface area contributed by atoms with Gasteiger partial charge < -0.3 is 10.2 Å². The molecule has 0 saturated carbocycles. The number of halogens is 2. The Morgan fingerprint density at radius 2 is 2.09 bits per heavy atom. The molecule has 0 radical (unpaired) electrons. The van der Waals surface area contributed by atoms with E-state index >= 15 is 0 Å². The topological polar surface area (TPSA) is 58.1 Å². The maximum Gasteiger partial charge on any atom is 0.262 e. The summed E-state index contributed by atoms with van der Waals surface area (Å²) in [6.07, 6.45) is 0.862. The average molecular weight is 323 g/mol. The van der Waals surface area contributed by atoms with Gasteiger partial charge in [-0.1, -0.05) is 30.7 Å². The number of para-hydroxylation sites is 1. The first-order chi connectivity index (χ1) is 10.5. The molecule has 5 nitrogen and oxygen atoms in total. The number of carbonyl (C=O) groups is 1. The summed E-state index contributed by atoms with van der Waals surface area (Å²) >= 11 is 5.83. The molecule has 0 bridgehead atoms. The van der Waals surface area contributed by atoms with Crippen molar-refractivity contribution in [1.82, 2.24) is 10.2 Å². The highest BCUT2D eigenvalue weighted by molar-refractivity contribution is 6.30. The van der Waals surface area contributed by atoms with Crippen LogP contribution < -0.4 is 10.2 Å². The summed E-state index contributed by atoms with van der Waals surface area (Å²) in [5.41, 5.74) is 0.432. The minimum atomic E-state index is -0.477. The van der Waals surface area contributed by atoms with E-state index in [0.717, 1.165) is 6.42 Å². The number of benzene rings is 1. The van der Waals surface area contributed by atoms with Crippen LogP contribution in [0.5, 0.6) is 0 Å². The second-order valence-electron chi connectivity index (χ2n) is 4.67. The molecule has 1 heterocycles. The smallest absolute Gasteiger partial charge is 0.262 e. The number of aromatic nitrogens is 2. The predicted octanol–water partition coefficient (Wildman–Crippen LogP) is 3.37. The molecule has 0 saturated heterocycles. The minimum absolute atomic E-state index is 0.104. The predicted molar refractivity (Wildman–Crippen MR) is 85.0 cm³/mol. The fourth-order valence-corrected chi connectivity index (χ4v) is 2.07. The van der Waals surface area contributed by atoms with Crippen molar-refractivity contribution in [2.45, 2.75) is 13.3 Å². The normalized spacial score (nSPS) is 10.4. The minimum Gasteiger partial charge on any atom is -0.368 e. The SMILES string of the molecule is CCCNc1nnc(Cl)cc1C(=O)N(C)c1ccccc1F. The van der Waals surface area contributed by atoms with Crippen molar-refractivity contribution in [3.05, 3.63) is 46.9 Å². The van der Waals surface area contributed by atoms with Crippen LogP contribution in [-0.2, 0) is 0 Å². The van der Waals surface area contributed by atoms with E-state index in [0.29, 0.717) is 12.4 Å². The maximum absolute atomic E-state index is 13.8. The van der Waals surface area contributed by atoms with E-state index in [2.05, 4.69) is 15.5 Å². The molecule has 2 rings (SSSR count). The summed E-state index contributed by atoms with van der Waals surface area (Å²) in [6, 6.07) is 7.48. The summed E-state index contributed by atoms with van der Waals surface area (Å²) in [4.78, 5) is 13.8. The van der Waals surface area contributed by atoms with Gasteiger partial charge in [0.1, 0.15) is 5.82 Å². The lowest BCUT2D eigenvalue weighted by molar-refractivity contribution is 0.0992. The first kappa shape index (κ1) is 16.2. The average Bonchev–Trinajstić information content (AvgIpc) is 2.52. The molecule has 0 fully saturated rings. The van der Waals surface area contributed by atoms with Gasteiger partial charge in [0, 0.05) is 13.6 Å². The van der Waals surface area contributed by atoms with Crippen molar-refractivity contribution in [3.8, 4) is 0 Å². The second kappa shape index (κ2) is 7.17. The maximum atomic E-state index is 13.8. The number of hydrogen-bond acceptors (Lipinski definition) is 4. The molecular formula is C15H16ClFN4O. The van der Waals surface area contributed by atoms with Gasteiger partial charge in [0.15, 0.2) is 11.0 Å². The van der Waals surface area contributed by atoms with E-state index in [-0.39, 0.29) is 16.4 Å². The van der Waals surface area contributed by atoms with Crippen LogP contribution >= 0.6 is 11.6 Å². The Labute approximate surface area is 133 Å². The largest absolute Gasteiger partial charge is 0.368 e. The van der Waals surface area contributed by atoms with Gasteiger partial charge >= 0.3 is 0 Å². The molecule has 1 aromatic heterocycles. The van der Waals surface area contributed by atoms with Crippen LogP contribution in [0.2, 0.25) is 5.15 Å². The first-order valence-electron chi connectivity index (χ1n) is 6.84. The zero-order valence-electron chi connectivity index (χ0n) is 12.3. The van der Waals surface area contributed by atoms with E-state index in [1.165, 1.54) is 30.1 Å². The van der Waals surface area contributed by atoms with Gasteiger partial charge in [-0.3, -0.25) is 4.79 Å². The fourth-order valence-electron chi connectivity index (χ4n) is 1.92. The summed E-state index contributed by atoms with van der Waals surface area (Å²) in [5, 5.41) is 10.8. The van der Waals surface area contributed by atoms with Gasteiger partial charge in [-0.2, -0.15) is 0 Å². The molecule has 22 heavy (non-hydrogen) atoms. The standard InChI is InChI=1S/C15H16ClFN4O/c1-3-8-18-14-10(9-13(16)19-20-14)15(22)21(2)12-7-5-4-6-11(12)17/h4-7,9H,3,8H2,1-2H3,(H,18,20). The summed E-state index contributed by atoms with van der Waals surface area (Å²) in [6.45, 7) is 2.63. The van der Waals surface area contributed by atoms with Crippen molar-refractivity contribution in [2.24, 2.45) is 0 Å². The lowest BCUT2D eigenvalue weighted by atomic mass is 10.2. The van der Waals surface area contributed by atoms with Crippen molar-refractivity contribution in [2.75, 3.05) is 23.8 Å². The molecule has 0 unspecified atom stereocenters. The van der Waals surface area contributed by atoms with Crippen LogP contribution in [0, 0.1) is 5.82 Å². The molecule has 1 amide bonds. The third kappa shape index (κ3) is 3.51. The summed E-state index contributed by atoms with van der Waals surface area (Å²) < 4.78 is 13.8. The van der Waals surface area contributed by atoms with Crippen molar-refractivity contribution in [3.63, 3.8) is 0 Å². The molecule has 0 aliphatic carbocycles. The van der Waals surface area contributed by atoms with Crippen LogP contribution in [0.25, 0.3) is 0 Å². The highest BCUT2D eigenvalue weighted by atomic mass is 35.5. The van der Waals surface area contributed by atoms with E-state index in [4.69, 9.17) is 11.6 Å². The Kier molecular flexibility index (Phi) is 5.27. The van der Waals surface area contributed by atoms with Gasteiger partial charge in [0.25, 0.3) is 5.91 Å². The van der Waals surface area contributed by atoms with E-state index in [1.54, 1.807) is 12.1 Å². The molecule has 116 valence electrons. The molecule has 0 aliphatic heterocycles. The number of carbonyl (C=O) groups excluding carboxylic acids is 1. The Hall–Kier alpha value is -2.21.